The van der Waals surface area contributed by atoms with Gasteiger partial charge in [0.05, 0.1) is 11.0 Å². The number of nitrogens with two attached hydrogens (primary N) is 1. The maximum absolute atomic E-state index is 12.7. The van der Waals surface area contributed by atoms with E-state index in [4.69, 9.17) is 5.73 Å². The molecule has 2 unspecified atom stereocenters. The van der Waals surface area contributed by atoms with Crippen LogP contribution in [0.5, 0.6) is 0 Å². The standard InChI is InChI=1S/C19H18F3NO/c20-19(21,22)15-8-6-14(7-9-15)16-12-18(16,17(23)24)11-10-13-4-2-1-3-5-13/h1-9,16H,10-12H2,(H2,23,24). The van der Waals surface area contributed by atoms with Crippen molar-refractivity contribution < 1.29 is 18.0 Å². The van der Waals surface area contributed by atoms with Gasteiger partial charge >= 0.3 is 6.18 Å². The fourth-order valence-corrected chi connectivity index (χ4v) is 3.33. The minimum Gasteiger partial charge on any atom is -0.369 e. The molecule has 0 bridgehead atoms. The third-order valence-corrected chi connectivity index (χ3v) is 4.91. The average Bonchev–Trinajstić information content (AvgIpc) is 3.29. The van der Waals surface area contributed by atoms with Crippen molar-refractivity contribution in [2.75, 3.05) is 0 Å². The summed E-state index contributed by atoms with van der Waals surface area (Å²) in [6, 6.07) is 14.8. The highest BCUT2D eigenvalue weighted by molar-refractivity contribution is 5.86. The fraction of sp³-hybridized carbons (Fsp3) is 0.316. The van der Waals surface area contributed by atoms with Crippen LogP contribution in [0.25, 0.3) is 0 Å². The highest BCUT2D eigenvalue weighted by Crippen LogP contribution is 2.61. The number of hydrogen-bond acceptors (Lipinski definition) is 1. The molecule has 1 amide bonds. The van der Waals surface area contributed by atoms with Gasteiger partial charge in [-0.25, -0.2) is 0 Å². The van der Waals surface area contributed by atoms with Crippen LogP contribution in [0.2, 0.25) is 0 Å². The number of primary amides is 1. The van der Waals surface area contributed by atoms with Gasteiger partial charge in [0, 0.05) is 0 Å². The number of rotatable bonds is 5. The van der Waals surface area contributed by atoms with Gasteiger partial charge in [-0.1, -0.05) is 42.5 Å². The van der Waals surface area contributed by atoms with E-state index in [1.54, 1.807) is 0 Å². The zero-order valence-corrected chi connectivity index (χ0v) is 13.0. The average molecular weight is 333 g/mol. The second-order valence-electron chi connectivity index (χ2n) is 6.38. The Morgan fingerprint density at radius 2 is 1.71 bits per heavy atom. The smallest absolute Gasteiger partial charge is 0.369 e. The third-order valence-electron chi connectivity index (χ3n) is 4.91. The van der Waals surface area contributed by atoms with Crippen LogP contribution in [0.4, 0.5) is 13.2 Å². The molecule has 0 heterocycles. The molecule has 5 heteroatoms. The van der Waals surface area contributed by atoms with E-state index in [-0.39, 0.29) is 11.8 Å². The van der Waals surface area contributed by atoms with Crippen molar-refractivity contribution in [3.63, 3.8) is 0 Å². The molecule has 126 valence electrons. The molecule has 1 saturated carbocycles. The Kier molecular flexibility index (Phi) is 4.11. The molecule has 0 aliphatic heterocycles. The Hall–Kier alpha value is -2.30. The number of benzene rings is 2. The second kappa shape index (κ2) is 5.96. The van der Waals surface area contributed by atoms with Crippen LogP contribution in [0.1, 0.15) is 35.4 Å². The van der Waals surface area contributed by atoms with Crippen LogP contribution < -0.4 is 5.73 Å². The van der Waals surface area contributed by atoms with Crippen molar-refractivity contribution in [1.29, 1.82) is 0 Å². The van der Waals surface area contributed by atoms with Crippen molar-refractivity contribution in [2.24, 2.45) is 11.1 Å². The lowest BCUT2D eigenvalue weighted by Crippen LogP contribution is -2.27. The molecule has 24 heavy (non-hydrogen) atoms. The van der Waals surface area contributed by atoms with Crippen molar-refractivity contribution in [3.8, 4) is 0 Å². The van der Waals surface area contributed by atoms with Crippen LogP contribution in [0.3, 0.4) is 0 Å². The van der Waals surface area contributed by atoms with Gasteiger partial charge in [-0.15, -0.1) is 0 Å². The van der Waals surface area contributed by atoms with E-state index in [2.05, 4.69) is 0 Å². The number of aryl methyl sites for hydroxylation is 1. The largest absolute Gasteiger partial charge is 0.416 e. The molecule has 0 aromatic heterocycles. The first-order valence-corrected chi connectivity index (χ1v) is 7.84. The van der Waals surface area contributed by atoms with E-state index in [0.29, 0.717) is 12.8 Å². The highest BCUT2D eigenvalue weighted by Gasteiger charge is 2.58. The Bertz CT molecular complexity index is 725. The molecule has 0 radical (unpaired) electrons. The number of amides is 1. The first kappa shape index (κ1) is 16.6. The second-order valence-corrected chi connectivity index (χ2v) is 6.38. The van der Waals surface area contributed by atoms with Crippen molar-refractivity contribution in [2.45, 2.75) is 31.4 Å². The summed E-state index contributed by atoms with van der Waals surface area (Å²) in [4.78, 5) is 12.0. The lowest BCUT2D eigenvalue weighted by Gasteiger charge is -2.14. The molecule has 2 N–H and O–H groups in total. The first-order chi connectivity index (χ1) is 11.3. The Morgan fingerprint density at radius 3 is 2.25 bits per heavy atom. The quantitative estimate of drug-likeness (QED) is 0.871. The molecule has 2 atom stereocenters. The minimum atomic E-state index is -4.35. The Balaban J connectivity index is 1.74. The predicted molar refractivity (Wildman–Crippen MR) is 85.2 cm³/mol. The summed E-state index contributed by atoms with van der Waals surface area (Å²) in [5.74, 6) is -0.468. The number of carbonyl (C=O) groups excluding carboxylic acids is 1. The summed E-state index contributed by atoms with van der Waals surface area (Å²) in [7, 11) is 0. The fourth-order valence-electron chi connectivity index (χ4n) is 3.33. The van der Waals surface area contributed by atoms with Gasteiger partial charge in [-0.05, 0) is 48.4 Å². The molecule has 3 rings (SSSR count). The highest BCUT2D eigenvalue weighted by atomic mass is 19.4. The van der Waals surface area contributed by atoms with Crippen LogP contribution in [-0.2, 0) is 17.4 Å². The zero-order valence-electron chi connectivity index (χ0n) is 13.0. The van der Waals surface area contributed by atoms with E-state index in [1.165, 1.54) is 12.1 Å². The maximum atomic E-state index is 12.7. The lowest BCUT2D eigenvalue weighted by molar-refractivity contribution is -0.137. The van der Waals surface area contributed by atoms with Crippen LogP contribution in [0, 0.1) is 5.41 Å². The van der Waals surface area contributed by atoms with Gasteiger partial charge in [0.25, 0.3) is 0 Å². The summed E-state index contributed by atoms with van der Waals surface area (Å²) in [6.45, 7) is 0. The zero-order chi connectivity index (χ0) is 17.4. The Labute approximate surface area is 138 Å². The molecule has 0 spiro atoms. The summed E-state index contributed by atoms with van der Waals surface area (Å²) in [5, 5.41) is 0. The molecule has 1 aliphatic carbocycles. The molecule has 1 fully saturated rings. The molecule has 2 aromatic carbocycles. The van der Waals surface area contributed by atoms with E-state index < -0.39 is 17.2 Å². The lowest BCUT2D eigenvalue weighted by atomic mass is 9.91. The molecular weight excluding hydrogens is 315 g/mol. The summed E-state index contributed by atoms with van der Waals surface area (Å²) in [6.07, 6.45) is -2.42. The van der Waals surface area contributed by atoms with Gasteiger partial charge in [0.2, 0.25) is 5.91 Å². The summed E-state index contributed by atoms with van der Waals surface area (Å²) < 4.78 is 38.0. The van der Waals surface area contributed by atoms with E-state index in [0.717, 1.165) is 29.7 Å². The van der Waals surface area contributed by atoms with Gasteiger partial charge in [-0.2, -0.15) is 13.2 Å². The summed E-state index contributed by atoms with van der Waals surface area (Å²) in [5.41, 5.74) is 6.15. The van der Waals surface area contributed by atoms with Crippen molar-refractivity contribution in [1.82, 2.24) is 0 Å². The van der Waals surface area contributed by atoms with Gasteiger partial charge in [0.15, 0.2) is 0 Å². The predicted octanol–water partition coefficient (Wildman–Crippen LogP) is 4.30. The van der Waals surface area contributed by atoms with Crippen LogP contribution >= 0.6 is 0 Å². The normalized spacial score (nSPS) is 23.0. The minimum absolute atomic E-state index is 0.0963. The van der Waals surface area contributed by atoms with E-state index in [1.807, 2.05) is 30.3 Å². The molecule has 2 nitrogen and oxygen atoms in total. The molecule has 0 saturated heterocycles. The van der Waals surface area contributed by atoms with Crippen molar-refractivity contribution in [3.05, 3.63) is 71.3 Å². The molecule has 2 aromatic rings. The number of alkyl halides is 3. The Morgan fingerprint density at radius 1 is 1.08 bits per heavy atom. The SMILES string of the molecule is NC(=O)C1(CCc2ccccc2)CC1c1ccc(C(F)(F)F)cc1. The van der Waals surface area contributed by atoms with Gasteiger partial charge in [0.1, 0.15) is 0 Å². The summed E-state index contributed by atoms with van der Waals surface area (Å²) >= 11 is 0. The number of hydrogen-bond donors (Lipinski definition) is 1. The monoisotopic (exact) mass is 333 g/mol. The maximum Gasteiger partial charge on any atom is 0.416 e. The van der Waals surface area contributed by atoms with Crippen LogP contribution in [-0.4, -0.2) is 5.91 Å². The number of halogens is 3. The number of carbonyl (C=O) groups is 1. The van der Waals surface area contributed by atoms with Gasteiger partial charge < -0.3 is 5.73 Å². The van der Waals surface area contributed by atoms with Crippen molar-refractivity contribution >= 4 is 5.91 Å². The third kappa shape index (κ3) is 3.16. The van der Waals surface area contributed by atoms with Crippen LogP contribution in [0.15, 0.2) is 54.6 Å². The topological polar surface area (TPSA) is 43.1 Å². The molecular formula is C19H18F3NO. The van der Waals surface area contributed by atoms with E-state index in [9.17, 15) is 18.0 Å². The molecule has 1 aliphatic rings. The first-order valence-electron chi connectivity index (χ1n) is 7.84. The van der Waals surface area contributed by atoms with Gasteiger partial charge in [-0.3, -0.25) is 4.79 Å². The van der Waals surface area contributed by atoms with E-state index >= 15 is 0 Å².